The first-order valence-electron chi connectivity index (χ1n) is 11.8. The van der Waals surface area contributed by atoms with Crippen LogP contribution < -0.4 is 5.32 Å². The molecule has 0 spiro atoms. The average Bonchev–Trinajstić information content (AvgIpc) is 2.79. The fourth-order valence-electron chi connectivity index (χ4n) is 4.83. The van der Waals surface area contributed by atoms with Gasteiger partial charge in [-0.25, -0.2) is 0 Å². The number of rotatable bonds is 7. The minimum Gasteiger partial charge on any atom is -0.357 e. The molecule has 1 aromatic carbocycles. The van der Waals surface area contributed by atoms with Crippen molar-refractivity contribution in [3.05, 3.63) is 35.9 Å². The second-order valence-electron chi connectivity index (χ2n) is 8.43. The molecule has 2 aliphatic heterocycles. The van der Waals surface area contributed by atoms with Gasteiger partial charge in [-0.2, -0.15) is 0 Å². The molecule has 5 nitrogen and oxygen atoms in total. The summed E-state index contributed by atoms with van der Waals surface area (Å²) in [6, 6.07) is 11.1. The highest BCUT2D eigenvalue weighted by Gasteiger charge is 2.30. The van der Waals surface area contributed by atoms with Crippen LogP contribution >= 0.6 is 0 Å². The molecule has 162 valence electrons. The standard InChI is InChI=1S/C24H41N5/c1-4-21-20-29(14-12-23(21)22-10-8-7-9-11-22)24(25-5-2)26-13-15-28-18-16-27(6-3)17-19-28/h7-11,21,23H,4-6,12-20H2,1-3H3,(H,25,26). The van der Waals surface area contributed by atoms with E-state index >= 15 is 0 Å². The van der Waals surface area contributed by atoms with Gasteiger partial charge in [-0.1, -0.05) is 50.6 Å². The quantitative estimate of drug-likeness (QED) is 0.564. The van der Waals surface area contributed by atoms with Gasteiger partial charge in [-0.15, -0.1) is 0 Å². The van der Waals surface area contributed by atoms with E-state index in [1.165, 1.54) is 51.1 Å². The fraction of sp³-hybridized carbons (Fsp3) is 0.708. The Balaban J connectivity index is 1.55. The maximum Gasteiger partial charge on any atom is 0.193 e. The highest BCUT2D eigenvalue weighted by molar-refractivity contribution is 5.80. The van der Waals surface area contributed by atoms with Crippen LogP contribution in [0, 0.1) is 5.92 Å². The lowest BCUT2D eigenvalue weighted by atomic mass is 9.79. The van der Waals surface area contributed by atoms with Crippen LogP contribution in [0.2, 0.25) is 0 Å². The lowest BCUT2D eigenvalue weighted by Gasteiger charge is -2.40. The third kappa shape index (κ3) is 6.19. The second-order valence-corrected chi connectivity index (χ2v) is 8.43. The first kappa shape index (κ1) is 22.1. The third-order valence-corrected chi connectivity index (χ3v) is 6.71. The van der Waals surface area contributed by atoms with Crippen molar-refractivity contribution in [1.29, 1.82) is 0 Å². The molecule has 2 atom stereocenters. The predicted molar refractivity (Wildman–Crippen MR) is 124 cm³/mol. The molecule has 0 bridgehead atoms. The molecule has 0 amide bonds. The molecule has 2 fully saturated rings. The van der Waals surface area contributed by atoms with Gasteiger partial charge < -0.3 is 15.1 Å². The Kier molecular flexibility index (Phi) is 8.81. The SMILES string of the molecule is CCNC(=NCCN1CCN(CC)CC1)N1CCC(c2ccccc2)C(CC)C1. The Bertz CT molecular complexity index is 609. The van der Waals surface area contributed by atoms with Crippen LogP contribution in [0.3, 0.4) is 0 Å². The Morgan fingerprint density at radius 1 is 1.00 bits per heavy atom. The average molecular weight is 400 g/mol. The minimum atomic E-state index is 0.676. The molecule has 1 N–H and O–H groups in total. The summed E-state index contributed by atoms with van der Waals surface area (Å²) in [6.07, 6.45) is 2.43. The summed E-state index contributed by atoms with van der Waals surface area (Å²) in [7, 11) is 0. The highest BCUT2D eigenvalue weighted by atomic mass is 15.3. The van der Waals surface area contributed by atoms with E-state index in [2.05, 4.69) is 71.1 Å². The Labute approximate surface area is 178 Å². The number of guanidine groups is 1. The summed E-state index contributed by atoms with van der Waals surface area (Å²) in [5, 5.41) is 3.55. The molecule has 0 radical (unpaired) electrons. The number of hydrogen-bond donors (Lipinski definition) is 1. The van der Waals surface area contributed by atoms with E-state index in [0.29, 0.717) is 11.8 Å². The maximum atomic E-state index is 5.01. The first-order valence-corrected chi connectivity index (χ1v) is 11.8. The monoisotopic (exact) mass is 399 g/mol. The molecule has 2 heterocycles. The molecule has 2 unspecified atom stereocenters. The van der Waals surface area contributed by atoms with Crippen LogP contribution in [0.5, 0.6) is 0 Å². The van der Waals surface area contributed by atoms with Crippen molar-refractivity contribution in [3.63, 3.8) is 0 Å². The van der Waals surface area contributed by atoms with Crippen molar-refractivity contribution in [2.75, 3.05) is 65.4 Å². The largest absolute Gasteiger partial charge is 0.357 e. The van der Waals surface area contributed by atoms with E-state index in [0.717, 1.165) is 38.7 Å². The number of likely N-dealkylation sites (N-methyl/N-ethyl adjacent to an activating group) is 1. The van der Waals surface area contributed by atoms with E-state index in [1.807, 2.05) is 0 Å². The lowest BCUT2D eigenvalue weighted by molar-refractivity contribution is 0.140. The molecule has 2 saturated heterocycles. The molecule has 2 aliphatic rings. The van der Waals surface area contributed by atoms with Crippen molar-refractivity contribution in [3.8, 4) is 0 Å². The fourth-order valence-corrected chi connectivity index (χ4v) is 4.83. The summed E-state index contributed by atoms with van der Waals surface area (Å²) < 4.78 is 0. The zero-order valence-corrected chi connectivity index (χ0v) is 18.8. The predicted octanol–water partition coefficient (Wildman–Crippen LogP) is 3.11. The topological polar surface area (TPSA) is 34.1 Å². The molecule has 0 saturated carbocycles. The molecule has 3 rings (SSSR count). The van der Waals surface area contributed by atoms with Gasteiger partial charge in [-0.3, -0.25) is 9.89 Å². The maximum absolute atomic E-state index is 5.01. The van der Waals surface area contributed by atoms with Crippen LogP contribution in [0.15, 0.2) is 35.3 Å². The van der Waals surface area contributed by atoms with E-state index in [4.69, 9.17) is 4.99 Å². The number of likely N-dealkylation sites (tertiary alicyclic amines) is 1. The number of piperazine rings is 1. The highest BCUT2D eigenvalue weighted by Crippen LogP contribution is 2.34. The normalized spacial score (nSPS) is 24.7. The van der Waals surface area contributed by atoms with Crippen LogP contribution in [0.1, 0.15) is 45.1 Å². The van der Waals surface area contributed by atoms with Crippen molar-refractivity contribution in [2.24, 2.45) is 10.9 Å². The van der Waals surface area contributed by atoms with Crippen molar-refractivity contribution in [2.45, 2.75) is 39.5 Å². The summed E-state index contributed by atoms with van der Waals surface area (Å²) >= 11 is 0. The van der Waals surface area contributed by atoms with Crippen LogP contribution in [0.4, 0.5) is 0 Å². The van der Waals surface area contributed by atoms with Gasteiger partial charge in [0.05, 0.1) is 6.54 Å². The number of piperidine rings is 1. The molecule has 0 aromatic heterocycles. The van der Waals surface area contributed by atoms with E-state index < -0.39 is 0 Å². The summed E-state index contributed by atoms with van der Waals surface area (Å²) in [4.78, 5) is 12.6. The van der Waals surface area contributed by atoms with E-state index in [9.17, 15) is 0 Å². The van der Waals surface area contributed by atoms with Gasteiger partial charge in [0, 0.05) is 52.4 Å². The van der Waals surface area contributed by atoms with Gasteiger partial charge in [0.2, 0.25) is 0 Å². The van der Waals surface area contributed by atoms with Gasteiger partial charge >= 0.3 is 0 Å². The minimum absolute atomic E-state index is 0.676. The smallest absolute Gasteiger partial charge is 0.193 e. The Hall–Kier alpha value is -1.59. The van der Waals surface area contributed by atoms with Gasteiger partial charge in [0.15, 0.2) is 5.96 Å². The summed E-state index contributed by atoms with van der Waals surface area (Å²) in [6.45, 7) is 17.8. The number of nitrogens with one attached hydrogen (secondary N) is 1. The molecule has 29 heavy (non-hydrogen) atoms. The summed E-state index contributed by atoms with van der Waals surface area (Å²) in [5.74, 6) is 2.48. The van der Waals surface area contributed by atoms with E-state index in [-0.39, 0.29) is 0 Å². The van der Waals surface area contributed by atoms with Gasteiger partial charge in [0.1, 0.15) is 0 Å². The van der Waals surface area contributed by atoms with Crippen LogP contribution in [-0.2, 0) is 0 Å². The molecule has 0 aliphatic carbocycles. The molecule has 1 aromatic rings. The van der Waals surface area contributed by atoms with Gasteiger partial charge in [-0.05, 0) is 37.3 Å². The van der Waals surface area contributed by atoms with Crippen molar-refractivity contribution < 1.29 is 0 Å². The number of nitrogens with zero attached hydrogens (tertiary/aromatic N) is 4. The lowest BCUT2D eigenvalue weighted by Crippen LogP contribution is -2.49. The second kappa shape index (κ2) is 11.6. The summed E-state index contributed by atoms with van der Waals surface area (Å²) in [5.41, 5.74) is 1.51. The third-order valence-electron chi connectivity index (χ3n) is 6.71. The van der Waals surface area contributed by atoms with Gasteiger partial charge in [0.25, 0.3) is 0 Å². The first-order chi connectivity index (χ1) is 14.2. The van der Waals surface area contributed by atoms with Crippen LogP contribution in [0.25, 0.3) is 0 Å². The van der Waals surface area contributed by atoms with E-state index in [1.54, 1.807) is 0 Å². The Morgan fingerprint density at radius 2 is 1.72 bits per heavy atom. The van der Waals surface area contributed by atoms with Crippen LogP contribution in [-0.4, -0.2) is 86.1 Å². The zero-order valence-electron chi connectivity index (χ0n) is 18.8. The number of hydrogen-bond acceptors (Lipinski definition) is 3. The zero-order chi connectivity index (χ0) is 20.5. The molecular weight excluding hydrogens is 358 g/mol. The van der Waals surface area contributed by atoms with Crippen molar-refractivity contribution >= 4 is 5.96 Å². The molecular formula is C24H41N5. The molecule has 5 heteroatoms. The van der Waals surface area contributed by atoms with Crippen molar-refractivity contribution in [1.82, 2.24) is 20.0 Å². The number of benzene rings is 1. The Morgan fingerprint density at radius 3 is 2.38 bits per heavy atom. The number of aliphatic imine (C=N–C) groups is 1.